The average molecular weight is 188 g/mol. The number of aryl methyl sites for hydroxylation is 1. The molecule has 0 amide bonds. The molecule has 74 valence electrons. The van der Waals surface area contributed by atoms with Gasteiger partial charge in [0, 0.05) is 6.42 Å². The van der Waals surface area contributed by atoms with E-state index in [2.05, 4.69) is 43.3 Å². The fourth-order valence-electron chi connectivity index (χ4n) is 1.18. The lowest BCUT2D eigenvalue weighted by molar-refractivity contribution is -0.108. The lowest BCUT2D eigenvalue weighted by atomic mass is 10.1. The van der Waals surface area contributed by atoms with Crippen molar-refractivity contribution in [3.8, 4) is 0 Å². The maximum absolute atomic E-state index is 10.2. The van der Waals surface area contributed by atoms with E-state index in [4.69, 9.17) is 0 Å². The number of benzene rings is 1. The Labute approximate surface area is 85.5 Å². The Hall–Kier alpha value is -1.37. The van der Waals surface area contributed by atoms with Gasteiger partial charge in [-0.05, 0) is 18.4 Å². The van der Waals surface area contributed by atoms with Crippen LogP contribution in [0, 0.1) is 12.8 Å². The minimum Gasteiger partial charge on any atom is -0.303 e. The van der Waals surface area contributed by atoms with E-state index < -0.39 is 0 Å². The van der Waals surface area contributed by atoms with Gasteiger partial charge in [0.15, 0.2) is 0 Å². The predicted octanol–water partition coefficient (Wildman–Crippen LogP) is 3.23. The summed E-state index contributed by atoms with van der Waals surface area (Å²) in [5.41, 5.74) is 2.46. The molecule has 0 fully saturated rings. The molecule has 0 saturated carbocycles. The van der Waals surface area contributed by atoms with Crippen LogP contribution in [0.2, 0.25) is 0 Å². The van der Waals surface area contributed by atoms with E-state index in [1.165, 1.54) is 11.1 Å². The van der Waals surface area contributed by atoms with Crippen LogP contribution < -0.4 is 0 Å². The molecule has 0 heterocycles. The van der Waals surface area contributed by atoms with Crippen molar-refractivity contribution >= 4 is 12.4 Å². The lowest BCUT2D eigenvalue weighted by Crippen LogP contribution is -1.89. The number of hydrogen-bond donors (Lipinski definition) is 0. The van der Waals surface area contributed by atoms with Crippen molar-refractivity contribution < 1.29 is 4.79 Å². The zero-order valence-electron chi connectivity index (χ0n) is 8.73. The number of rotatable bonds is 4. The first-order valence-electron chi connectivity index (χ1n) is 4.91. The maximum Gasteiger partial charge on any atom is 0.120 e. The summed E-state index contributed by atoms with van der Waals surface area (Å²) in [7, 11) is 0. The van der Waals surface area contributed by atoms with Crippen LogP contribution in [0.25, 0.3) is 6.08 Å². The highest BCUT2D eigenvalue weighted by Gasteiger charge is 1.94. The van der Waals surface area contributed by atoms with Crippen molar-refractivity contribution in [2.45, 2.75) is 20.3 Å². The zero-order chi connectivity index (χ0) is 10.4. The first-order valence-corrected chi connectivity index (χ1v) is 4.91. The largest absolute Gasteiger partial charge is 0.303 e. The van der Waals surface area contributed by atoms with Crippen LogP contribution in [-0.2, 0) is 4.79 Å². The highest BCUT2D eigenvalue weighted by Crippen LogP contribution is 2.08. The second-order valence-electron chi connectivity index (χ2n) is 3.65. The Morgan fingerprint density at radius 3 is 2.50 bits per heavy atom. The Balaban J connectivity index is 2.59. The monoisotopic (exact) mass is 188 g/mol. The van der Waals surface area contributed by atoms with Gasteiger partial charge in [-0.25, -0.2) is 0 Å². The smallest absolute Gasteiger partial charge is 0.120 e. The van der Waals surface area contributed by atoms with Crippen molar-refractivity contribution in [3.05, 3.63) is 41.5 Å². The van der Waals surface area contributed by atoms with Crippen LogP contribution in [-0.4, -0.2) is 6.29 Å². The van der Waals surface area contributed by atoms with E-state index in [1.54, 1.807) is 0 Å². The Bertz CT molecular complexity index is 309. The topological polar surface area (TPSA) is 17.1 Å². The Morgan fingerprint density at radius 2 is 1.93 bits per heavy atom. The zero-order valence-corrected chi connectivity index (χ0v) is 8.73. The summed E-state index contributed by atoms with van der Waals surface area (Å²) in [6, 6.07) is 8.34. The summed E-state index contributed by atoms with van der Waals surface area (Å²) >= 11 is 0. The number of carbonyl (C=O) groups excluding carboxylic acids is 1. The average Bonchev–Trinajstić information content (AvgIpc) is 2.17. The first kappa shape index (κ1) is 10.7. The summed E-state index contributed by atoms with van der Waals surface area (Å²) in [5, 5.41) is 0. The van der Waals surface area contributed by atoms with Gasteiger partial charge in [-0.3, -0.25) is 0 Å². The molecular formula is C13H16O. The molecule has 0 aliphatic carbocycles. The predicted molar refractivity (Wildman–Crippen MR) is 60.1 cm³/mol. The van der Waals surface area contributed by atoms with Gasteiger partial charge in [0.05, 0.1) is 0 Å². The molecular weight excluding hydrogens is 172 g/mol. The van der Waals surface area contributed by atoms with E-state index >= 15 is 0 Å². The quantitative estimate of drug-likeness (QED) is 0.663. The second kappa shape index (κ2) is 5.38. The minimum atomic E-state index is 0.328. The van der Waals surface area contributed by atoms with Gasteiger partial charge >= 0.3 is 0 Å². The molecule has 14 heavy (non-hydrogen) atoms. The molecule has 1 rings (SSSR count). The van der Waals surface area contributed by atoms with Crippen LogP contribution in [0.15, 0.2) is 30.3 Å². The van der Waals surface area contributed by atoms with Crippen molar-refractivity contribution in [2.24, 2.45) is 5.92 Å². The molecule has 1 nitrogen and oxygen atoms in total. The first-order chi connectivity index (χ1) is 6.72. The van der Waals surface area contributed by atoms with Crippen LogP contribution >= 0.6 is 0 Å². The van der Waals surface area contributed by atoms with Crippen molar-refractivity contribution in [1.29, 1.82) is 0 Å². The standard InChI is InChI=1S/C13H16O/c1-11-3-6-13(7-4-11)8-5-12(2)9-10-14/h3-8,10,12H,9H2,1-2H3/b8-5+. The summed E-state index contributed by atoms with van der Waals surface area (Å²) in [5.74, 6) is 0.328. The number of hydrogen-bond acceptors (Lipinski definition) is 1. The summed E-state index contributed by atoms with van der Waals surface area (Å²) in [6.07, 6.45) is 5.69. The molecule has 1 unspecified atom stereocenters. The van der Waals surface area contributed by atoms with E-state index in [1.807, 2.05) is 6.92 Å². The second-order valence-corrected chi connectivity index (χ2v) is 3.65. The van der Waals surface area contributed by atoms with Crippen LogP contribution in [0.4, 0.5) is 0 Å². The van der Waals surface area contributed by atoms with E-state index in [-0.39, 0.29) is 0 Å². The fourth-order valence-corrected chi connectivity index (χ4v) is 1.18. The minimum absolute atomic E-state index is 0.328. The molecule has 0 aliphatic rings. The van der Waals surface area contributed by atoms with Gasteiger partial charge in [0.25, 0.3) is 0 Å². The van der Waals surface area contributed by atoms with Crippen molar-refractivity contribution in [1.82, 2.24) is 0 Å². The molecule has 1 aromatic rings. The van der Waals surface area contributed by atoms with Gasteiger partial charge in [0.1, 0.15) is 6.29 Å². The van der Waals surface area contributed by atoms with Crippen LogP contribution in [0.5, 0.6) is 0 Å². The lowest BCUT2D eigenvalue weighted by Gasteiger charge is -1.99. The molecule has 1 heteroatoms. The summed E-state index contributed by atoms with van der Waals surface area (Å²) in [6.45, 7) is 4.11. The molecule has 0 saturated heterocycles. The number of allylic oxidation sites excluding steroid dienone is 1. The Morgan fingerprint density at radius 1 is 1.29 bits per heavy atom. The third-order valence-electron chi connectivity index (χ3n) is 2.16. The maximum atomic E-state index is 10.2. The van der Waals surface area contributed by atoms with E-state index in [0.717, 1.165) is 6.29 Å². The van der Waals surface area contributed by atoms with Gasteiger partial charge in [-0.15, -0.1) is 0 Å². The third-order valence-corrected chi connectivity index (χ3v) is 2.16. The third kappa shape index (κ3) is 3.56. The van der Waals surface area contributed by atoms with Gasteiger partial charge in [-0.1, -0.05) is 48.9 Å². The van der Waals surface area contributed by atoms with E-state index in [9.17, 15) is 4.79 Å². The highest BCUT2D eigenvalue weighted by atomic mass is 16.1. The molecule has 0 spiro atoms. The van der Waals surface area contributed by atoms with Gasteiger partial charge in [0.2, 0.25) is 0 Å². The SMILES string of the molecule is Cc1ccc(/C=C/C(C)CC=O)cc1. The van der Waals surface area contributed by atoms with Crippen molar-refractivity contribution in [3.63, 3.8) is 0 Å². The van der Waals surface area contributed by atoms with Gasteiger partial charge in [-0.2, -0.15) is 0 Å². The summed E-state index contributed by atoms with van der Waals surface area (Å²) in [4.78, 5) is 10.2. The molecule has 1 aromatic carbocycles. The van der Waals surface area contributed by atoms with Crippen molar-refractivity contribution in [2.75, 3.05) is 0 Å². The highest BCUT2D eigenvalue weighted by molar-refractivity contribution is 5.53. The summed E-state index contributed by atoms with van der Waals surface area (Å²) < 4.78 is 0. The number of aldehydes is 1. The molecule has 0 aliphatic heterocycles. The molecule has 0 radical (unpaired) electrons. The number of carbonyl (C=O) groups is 1. The van der Waals surface area contributed by atoms with Crippen LogP contribution in [0.3, 0.4) is 0 Å². The molecule has 0 aromatic heterocycles. The fraction of sp³-hybridized carbons (Fsp3) is 0.308. The molecule has 0 bridgehead atoms. The van der Waals surface area contributed by atoms with E-state index in [0.29, 0.717) is 12.3 Å². The molecule has 0 N–H and O–H groups in total. The van der Waals surface area contributed by atoms with Crippen LogP contribution in [0.1, 0.15) is 24.5 Å². The van der Waals surface area contributed by atoms with Gasteiger partial charge < -0.3 is 4.79 Å². The molecule has 1 atom stereocenters. The Kier molecular flexibility index (Phi) is 4.11. The normalized spacial score (nSPS) is 13.0.